The van der Waals surface area contributed by atoms with Crippen molar-refractivity contribution in [1.29, 1.82) is 0 Å². The first-order chi connectivity index (χ1) is 11.6. The Hall–Kier alpha value is -2.73. The summed E-state index contributed by atoms with van der Waals surface area (Å²) in [6.07, 6.45) is 0. The van der Waals surface area contributed by atoms with Gasteiger partial charge in [0, 0.05) is 24.3 Å². The molecule has 124 valence electrons. The third kappa shape index (κ3) is 3.60. The largest absolute Gasteiger partial charge is 0.378 e. The fourth-order valence-corrected chi connectivity index (χ4v) is 2.52. The maximum atomic E-state index is 13.7. The smallest absolute Gasteiger partial charge is 0.258 e. The molecule has 1 heterocycles. The summed E-state index contributed by atoms with van der Waals surface area (Å²) in [5.74, 6) is -1.25. The lowest BCUT2D eigenvalue weighted by Gasteiger charge is -2.27. The van der Waals surface area contributed by atoms with Crippen molar-refractivity contribution in [2.75, 3.05) is 31.6 Å². The molecule has 2 aromatic rings. The molecule has 0 aliphatic carbocycles. The van der Waals surface area contributed by atoms with Crippen molar-refractivity contribution in [1.82, 2.24) is 4.90 Å². The number of morpholine rings is 1. The number of hydrogen-bond donors (Lipinski definition) is 1. The average molecular weight is 328 g/mol. The molecule has 1 aliphatic heterocycles. The zero-order valence-corrected chi connectivity index (χ0v) is 13.0. The number of rotatable bonds is 3. The molecule has 1 saturated heterocycles. The van der Waals surface area contributed by atoms with Crippen LogP contribution < -0.4 is 5.32 Å². The molecule has 6 heteroatoms. The van der Waals surface area contributed by atoms with Crippen LogP contribution in [0.3, 0.4) is 0 Å². The topological polar surface area (TPSA) is 58.6 Å². The zero-order chi connectivity index (χ0) is 16.9. The highest BCUT2D eigenvalue weighted by molar-refractivity contribution is 6.05. The van der Waals surface area contributed by atoms with Crippen LogP contribution in [0.4, 0.5) is 10.1 Å². The molecular weight excluding hydrogens is 311 g/mol. The van der Waals surface area contributed by atoms with Crippen LogP contribution in [-0.4, -0.2) is 43.0 Å². The third-order valence-corrected chi connectivity index (χ3v) is 3.78. The molecule has 2 aromatic carbocycles. The van der Waals surface area contributed by atoms with E-state index in [4.69, 9.17) is 4.74 Å². The van der Waals surface area contributed by atoms with Crippen LogP contribution >= 0.6 is 0 Å². The normalized spacial score (nSPS) is 14.3. The Bertz CT molecular complexity index is 757. The summed E-state index contributed by atoms with van der Waals surface area (Å²) < 4.78 is 18.9. The standard InChI is InChI=1S/C18H17FN2O3/c19-16-7-2-1-6-15(16)17(22)20-14-5-3-4-13(12-14)18(23)21-8-10-24-11-9-21/h1-7,12H,8-11H2,(H,20,22). The number of carbonyl (C=O) groups excluding carboxylic acids is 2. The fraction of sp³-hybridized carbons (Fsp3) is 0.222. The Morgan fingerprint density at radius 1 is 1.04 bits per heavy atom. The fourth-order valence-electron chi connectivity index (χ4n) is 2.52. The number of nitrogens with one attached hydrogen (secondary N) is 1. The lowest BCUT2D eigenvalue weighted by molar-refractivity contribution is 0.0303. The lowest BCUT2D eigenvalue weighted by atomic mass is 10.1. The molecule has 0 radical (unpaired) electrons. The number of benzene rings is 2. The second kappa shape index (κ2) is 7.23. The Labute approximate surface area is 139 Å². The summed E-state index contributed by atoms with van der Waals surface area (Å²) in [4.78, 5) is 26.3. The summed E-state index contributed by atoms with van der Waals surface area (Å²) in [6, 6.07) is 12.4. The minimum atomic E-state index is -0.587. The number of carbonyl (C=O) groups is 2. The number of nitrogens with zero attached hydrogens (tertiary/aromatic N) is 1. The van der Waals surface area contributed by atoms with E-state index in [9.17, 15) is 14.0 Å². The van der Waals surface area contributed by atoms with Crippen LogP contribution in [0.1, 0.15) is 20.7 Å². The van der Waals surface area contributed by atoms with E-state index in [-0.39, 0.29) is 11.5 Å². The van der Waals surface area contributed by atoms with Crippen LogP contribution in [0.25, 0.3) is 0 Å². The van der Waals surface area contributed by atoms with Crippen LogP contribution in [0.5, 0.6) is 0 Å². The van der Waals surface area contributed by atoms with Crippen molar-refractivity contribution in [3.63, 3.8) is 0 Å². The molecule has 2 amide bonds. The number of ether oxygens (including phenoxy) is 1. The van der Waals surface area contributed by atoms with Crippen molar-refractivity contribution in [2.24, 2.45) is 0 Å². The number of hydrogen-bond acceptors (Lipinski definition) is 3. The maximum Gasteiger partial charge on any atom is 0.258 e. The van der Waals surface area contributed by atoms with E-state index in [1.807, 2.05) is 0 Å². The highest BCUT2D eigenvalue weighted by Crippen LogP contribution is 2.16. The Kier molecular flexibility index (Phi) is 4.86. The summed E-state index contributed by atoms with van der Waals surface area (Å²) in [7, 11) is 0. The first-order valence-corrected chi connectivity index (χ1v) is 7.68. The summed E-state index contributed by atoms with van der Waals surface area (Å²) in [5, 5.41) is 2.62. The van der Waals surface area contributed by atoms with Crippen LogP contribution in [-0.2, 0) is 4.74 Å². The average Bonchev–Trinajstić information content (AvgIpc) is 2.62. The molecular formula is C18H17FN2O3. The minimum absolute atomic E-state index is 0.0394. The van der Waals surface area contributed by atoms with Crippen molar-refractivity contribution < 1.29 is 18.7 Å². The van der Waals surface area contributed by atoms with Gasteiger partial charge in [-0.05, 0) is 30.3 Å². The highest BCUT2D eigenvalue weighted by atomic mass is 19.1. The van der Waals surface area contributed by atoms with Gasteiger partial charge in [0.1, 0.15) is 5.82 Å². The molecule has 24 heavy (non-hydrogen) atoms. The second-order valence-electron chi connectivity index (χ2n) is 5.42. The van der Waals surface area contributed by atoms with Crippen molar-refractivity contribution in [2.45, 2.75) is 0 Å². The SMILES string of the molecule is O=C(Nc1cccc(C(=O)N2CCOCC2)c1)c1ccccc1F. The van der Waals surface area contributed by atoms with Gasteiger partial charge >= 0.3 is 0 Å². The van der Waals surface area contributed by atoms with Gasteiger partial charge in [-0.3, -0.25) is 9.59 Å². The molecule has 0 saturated carbocycles. The van der Waals surface area contributed by atoms with E-state index in [0.717, 1.165) is 0 Å². The summed E-state index contributed by atoms with van der Waals surface area (Å²) >= 11 is 0. The highest BCUT2D eigenvalue weighted by Gasteiger charge is 2.19. The van der Waals surface area contributed by atoms with E-state index >= 15 is 0 Å². The van der Waals surface area contributed by atoms with E-state index < -0.39 is 11.7 Å². The first-order valence-electron chi connectivity index (χ1n) is 7.68. The van der Waals surface area contributed by atoms with Gasteiger partial charge in [-0.1, -0.05) is 18.2 Å². The van der Waals surface area contributed by atoms with Gasteiger partial charge in [0.05, 0.1) is 18.8 Å². The van der Waals surface area contributed by atoms with Gasteiger partial charge in [-0.15, -0.1) is 0 Å². The van der Waals surface area contributed by atoms with Gasteiger partial charge in [0.2, 0.25) is 0 Å². The number of halogens is 1. The molecule has 1 N–H and O–H groups in total. The first kappa shape index (κ1) is 16.1. The van der Waals surface area contributed by atoms with Gasteiger partial charge in [0.25, 0.3) is 11.8 Å². The monoisotopic (exact) mass is 328 g/mol. The number of amides is 2. The Morgan fingerprint density at radius 2 is 1.79 bits per heavy atom. The zero-order valence-electron chi connectivity index (χ0n) is 13.0. The number of anilines is 1. The van der Waals surface area contributed by atoms with E-state index in [2.05, 4.69) is 5.32 Å². The Morgan fingerprint density at radius 3 is 2.54 bits per heavy atom. The lowest BCUT2D eigenvalue weighted by Crippen LogP contribution is -2.40. The molecule has 1 aliphatic rings. The molecule has 0 spiro atoms. The predicted octanol–water partition coefficient (Wildman–Crippen LogP) is 2.55. The van der Waals surface area contributed by atoms with Crippen molar-refractivity contribution in [3.8, 4) is 0 Å². The molecule has 0 unspecified atom stereocenters. The minimum Gasteiger partial charge on any atom is -0.378 e. The van der Waals surface area contributed by atoms with Gasteiger partial charge in [0.15, 0.2) is 0 Å². The quantitative estimate of drug-likeness (QED) is 0.942. The van der Waals surface area contributed by atoms with Gasteiger partial charge < -0.3 is 15.0 Å². The molecule has 3 rings (SSSR count). The molecule has 5 nitrogen and oxygen atoms in total. The Balaban J connectivity index is 1.74. The molecule has 0 bridgehead atoms. The van der Waals surface area contributed by atoms with Crippen molar-refractivity contribution in [3.05, 3.63) is 65.5 Å². The third-order valence-electron chi connectivity index (χ3n) is 3.78. The molecule has 1 fully saturated rings. The predicted molar refractivity (Wildman–Crippen MR) is 87.5 cm³/mol. The maximum absolute atomic E-state index is 13.7. The van der Waals surface area contributed by atoms with Crippen LogP contribution in [0.15, 0.2) is 48.5 Å². The van der Waals surface area contributed by atoms with E-state index in [0.29, 0.717) is 37.6 Å². The molecule has 0 atom stereocenters. The summed E-state index contributed by atoms with van der Waals surface area (Å²) in [6.45, 7) is 2.14. The van der Waals surface area contributed by atoms with Gasteiger partial charge in [-0.2, -0.15) is 0 Å². The molecule has 0 aromatic heterocycles. The van der Waals surface area contributed by atoms with Crippen LogP contribution in [0.2, 0.25) is 0 Å². The van der Waals surface area contributed by atoms with Crippen LogP contribution in [0, 0.1) is 5.82 Å². The van der Waals surface area contributed by atoms with E-state index in [1.54, 1.807) is 35.2 Å². The van der Waals surface area contributed by atoms with E-state index in [1.165, 1.54) is 18.2 Å². The van der Waals surface area contributed by atoms with Gasteiger partial charge in [-0.25, -0.2) is 4.39 Å². The van der Waals surface area contributed by atoms with Crippen molar-refractivity contribution >= 4 is 17.5 Å². The summed E-state index contributed by atoms with van der Waals surface area (Å²) in [5.41, 5.74) is 0.882. The second-order valence-corrected chi connectivity index (χ2v) is 5.42.